The van der Waals surface area contributed by atoms with Crippen molar-refractivity contribution in [3.63, 3.8) is 0 Å². The Morgan fingerprint density at radius 3 is 2.10 bits per heavy atom. The molecule has 10 nitrogen and oxygen atoms in total. The van der Waals surface area contributed by atoms with Crippen molar-refractivity contribution in [3.8, 4) is 0 Å². The van der Waals surface area contributed by atoms with Crippen LogP contribution in [-0.2, 0) is 28.7 Å². The average Bonchev–Trinajstić information content (AvgIpc) is 2.98. The molecule has 0 aromatic rings. The second-order valence-corrected chi connectivity index (χ2v) is 6.40. The summed E-state index contributed by atoms with van der Waals surface area (Å²) in [6.45, 7) is 4.34. The molecule has 1 rings (SSSR count). The zero-order chi connectivity index (χ0) is 23.4. The molecular formula is C20H34N4O6. The zero-order valence-corrected chi connectivity index (χ0v) is 19.2. The van der Waals surface area contributed by atoms with Gasteiger partial charge in [-0.25, -0.2) is 4.79 Å². The van der Waals surface area contributed by atoms with Gasteiger partial charge >= 0.3 is 17.8 Å². The van der Waals surface area contributed by atoms with E-state index < -0.39 is 29.7 Å². The summed E-state index contributed by atoms with van der Waals surface area (Å²) in [6.07, 6.45) is 2.90. The monoisotopic (exact) mass is 426 g/mol. The third-order valence-electron chi connectivity index (χ3n) is 4.42. The van der Waals surface area contributed by atoms with Crippen molar-refractivity contribution in [2.45, 2.75) is 39.2 Å². The molecule has 1 aliphatic rings. The summed E-state index contributed by atoms with van der Waals surface area (Å²) >= 11 is 0. The number of rotatable bonds is 4. The molecule has 0 N–H and O–H groups in total. The maximum absolute atomic E-state index is 12.9. The second kappa shape index (κ2) is 13.3. The number of esters is 1. The lowest BCUT2D eigenvalue weighted by atomic mass is 10.1. The molecule has 1 heterocycles. The predicted octanol–water partition coefficient (Wildman–Crippen LogP) is 0.672. The summed E-state index contributed by atoms with van der Waals surface area (Å²) in [6, 6.07) is -0.566. The molecule has 1 fully saturated rings. The van der Waals surface area contributed by atoms with Crippen LogP contribution in [0.3, 0.4) is 0 Å². The predicted molar refractivity (Wildman–Crippen MR) is 113 cm³/mol. The summed E-state index contributed by atoms with van der Waals surface area (Å²) in [4.78, 5) is 57.1. The van der Waals surface area contributed by atoms with E-state index in [1.165, 1.54) is 57.1 Å². The molecule has 1 unspecified atom stereocenters. The van der Waals surface area contributed by atoms with Gasteiger partial charge in [0.15, 0.2) is 5.76 Å². The Bertz CT molecular complexity index is 687. The quantitative estimate of drug-likeness (QED) is 0.283. The Hall–Kier alpha value is -2.91. The molecule has 1 atom stereocenters. The highest BCUT2D eigenvalue weighted by Crippen LogP contribution is 2.20. The third-order valence-corrected chi connectivity index (χ3v) is 4.42. The van der Waals surface area contributed by atoms with Crippen LogP contribution in [0, 0.1) is 0 Å². The second-order valence-electron chi connectivity index (χ2n) is 6.40. The summed E-state index contributed by atoms with van der Waals surface area (Å²) in [5, 5.41) is 0. The number of hydrogen-bond acceptors (Lipinski definition) is 7. The van der Waals surface area contributed by atoms with Crippen molar-refractivity contribution in [2.75, 3.05) is 49.0 Å². The van der Waals surface area contributed by atoms with E-state index in [0.29, 0.717) is 25.2 Å². The summed E-state index contributed by atoms with van der Waals surface area (Å²) < 4.78 is 9.60. The molecule has 0 aliphatic carbocycles. The van der Waals surface area contributed by atoms with Crippen molar-refractivity contribution in [3.05, 3.63) is 11.8 Å². The number of ether oxygens (including phenoxy) is 2. The van der Waals surface area contributed by atoms with Crippen molar-refractivity contribution < 1.29 is 28.7 Å². The van der Waals surface area contributed by atoms with E-state index in [0.717, 1.165) is 12.5 Å². The fourth-order valence-corrected chi connectivity index (χ4v) is 2.86. The minimum absolute atomic E-state index is 0.202. The Morgan fingerprint density at radius 1 is 1.03 bits per heavy atom. The van der Waals surface area contributed by atoms with Gasteiger partial charge in [-0.2, -0.15) is 0 Å². The number of likely N-dealkylation sites (N-methyl/N-ethyl adjacent to an activating group) is 2. The van der Waals surface area contributed by atoms with Gasteiger partial charge in [-0.1, -0.05) is 13.8 Å². The van der Waals surface area contributed by atoms with Crippen LogP contribution >= 0.6 is 0 Å². The van der Waals surface area contributed by atoms with Crippen molar-refractivity contribution in [1.82, 2.24) is 14.7 Å². The Balaban J connectivity index is 0.00000407. The van der Waals surface area contributed by atoms with E-state index in [1.807, 2.05) is 13.8 Å². The van der Waals surface area contributed by atoms with Crippen molar-refractivity contribution in [1.29, 1.82) is 0 Å². The fraction of sp³-hybridized carbons (Fsp3) is 0.650. The van der Waals surface area contributed by atoms with E-state index in [9.17, 15) is 19.2 Å². The molecule has 0 saturated carbocycles. The van der Waals surface area contributed by atoms with Gasteiger partial charge in [0, 0.05) is 34.7 Å². The normalized spacial score (nSPS) is 17.9. The van der Waals surface area contributed by atoms with Crippen LogP contribution in [0.25, 0.3) is 0 Å². The van der Waals surface area contributed by atoms with E-state index >= 15 is 0 Å². The fourth-order valence-electron chi connectivity index (χ4n) is 2.86. The van der Waals surface area contributed by atoms with Gasteiger partial charge in [0.25, 0.3) is 5.91 Å². The maximum atomic E-state index is 12.9. The standard InChI is InChI=1S/C18H28N4O6.C2H6/c1-19-15-12(21(4)18(26)17(25)20(2)3)9-7-8-10-22(15)16(24)13(27-5)11-14(23)28-6;1-2/h11-12H,7-10H2,1-6H3;1-2H3/b13-11-,19-15?;. The number of aliphatic imine (C=N–C) groups is 1. The maximum Gasteiger partial charge on any atom is 0.334 e. The average molecular weight is 427 g/mol. The van der Waals surface area contributed by atoms with E-state index in [-0.39, 0.29) is 5.76 Å². The minimum Gasteiger partial charge on any atom is -0.491 e. The molecule has 0 radical (unpaired) electrons. The van der Waals surface area contributed by atoms with Gasteiger partial charge in [0.2, 0.25) is 0 Å². The highest BCUT2D eigenvalue weighted by atomic mass is 16.5. The van der Waals surface area contributed by atoms with Gasteiger partial charge < -0.3 is 19.3 Å². The lowest BCUT2D eigenvalue weighted by Crippen LogP contribution is -2.53. The number of carbonyl (C=O) groups is 4. The number of nitrogens with zero attached hydrogens (tertiary/aromatic N) is 4. The molecule has 0 bridgehead atoms. The number of amidine groups is 1. The molecule has 0 aromatic heterocycles. The number of amides is 3. The van der Waals surface area contributed by atoms with Crippen LogP contribution in [0.15, 0.2) is 16.8 Å². The van der Waals surface area contributed by atoms with Gasteiger partial charge in [-0.3, -0.25) is 24.3 Å². The van der Waals surface area contributed by atoms with Crippen molar-refractivity contribution >= 4 is 29.5 Å². The first-order valence-corrected chi connectivity index (χ1v) is 9.80. The summed E-state index contributed by atoms with van der Waals surface area (Å²) in [5.41, 5.74) is 0. The van der Waals surface area contributed by atoms with Crippen molar-refractivity contribution in [2.24, 2.45) is 4.99 Å². The molecule has 170 valence electrons. The number of carbonyl (C=O) groups excluding carboxylic acids is 4. The lowest BCUT2D eigenvalue weighted by Gasteiger charge is -2.32. The smallest absolute Gasteiger partial charge is 0.334 e. The highest BCUT2D eigenvalue weighted by Gasteiger charge is 2.36. The Kier molecular flexibility index (Phi) is 12.0. The van der Waals surface area contributed by atoms with Crippen LogP contribution in [0.2, 0.25) is 0 Å². The molecular weight excluding hydrogens is 392 g/mol. The van der Waals surface area contributed by atoms with Crippen LogP contribution in [0.1, 0.15) is 33.1 Å². The molecule has 0 spiro atoms. The lowest BCUT2D eigenvalue weighted by molar-refractivity contribution is -0.150. The third kappa shape index (κ3) is 6.85. The molecule has 1 aliphatic heterocycles. The zero-order valence-electron chi connectivity index (χ0n) is 19.2. The van der Waals surface area contributed by atoms with Crippen LogP contribution in [0.4, 0.5) is 0 Å². The first kappa shape index (κ1) is 27.1. The summed E-state index contributed by atoms with van der Waals surface area (Å²) in [5.74, 6) is -2.52. The molecule has 1 saturated heterocycles. The van der Waals surface area contributed by atoms with Gasteiger partial charge in [0.1, 0.15) is 5.84 Å². The largest absolute Gasteiger partial charge is 0.491 e. The first-order chi connectivity index (χ1) is 14.2. The van der Waals surface area contributed by atoms with Crippen LogP contribution in [-0.4, -0.2) is 99.2 Å². The Morgan fingerprint density at radius 2 is 1.63 bits per heavy atom. The molecule has 10 heteroatoms. The highest BCUT2D eigenvalue weighted by molar-refractivity contribution is 6.35. The number of methoxy groups -OCH3 is 2. The van der Waals surface area contributed by atoms with E-state index in [4.69, 9.17) is 4.74 Å². The summed E-state index contributed by atoms with van der Waals surface area (Å²) in [7, 11) is 8.48. The molecule has 0 aromatic carbocycles. The first-order valence-electron chi connectivity index (χ1n) is 9.80. The number of hydrogen-bond donors (Lipinski definition) is 0. The van der Waals surface area contributed by atoms with Crippen LogP contribution in [0.5, 0.6) is 0 Å². The SMILES string of the molecule is CC.CN=C1C(N(C)C(=O)C(=O)N(C)C)CCCCN1C(=O)/C(=C/C(=O)OC)OC. The molecule has 30 heavy (non-hydrogen) atoms. The van der Waals surface area contributed by atoms with Gasteiger partial charge in [0.05, 0.1) is 26.3 Å². The minimum atomic E-state index is -0.726. The van der Waals surface area contributed by atoms with Crippen LogP contribution < -0.4 is 0 Å². The van der Waals surface area contributed by atoms with E-state index in [1.54, 1.807) is 0 Å². The van der Waals surface area contributed by atoms with E-state index in [2.05, 4.69) is 9.73 Å². The van der Waals surface area contributed by atoms with Gasteiger partial charge in [-0.15, -0.1) is 0 Å². The number of likely N-dealkylation sites (tertiary alicyclic amines) is 1. The topological polar surface area (TPSA) is 109 Å². The van der Waals surface area contributed by atoms with Gasteiger partial charge in [-0.05, 0) is 19.3 Å². The molecule has 3 amide bonds. The Labute approximate surface area is 178 Å².